The zero-order valence-electron chi connectivity index (χ0n) is 9.85. The van der Waals surface area contributed by atoms with Crippen LogP contribution in [0.4, 0.5) is 5.69 Å². The number of nitrogens with two attached hydrogens (primary N) is 1. The molecule has 1 aromatic carbocycles. The van der Waals surface area contributed by atoms with Gasteiger partial charge in [0.05, 0.1) is 0 Å². The van der Waals surface area contributed by atoms with Crippen molar-refractivity contribution >= 4 is 17.0 Å². The molecule has 0 saturated heterocycles. The van der Waals surface area contributed by atoms with Crippen molar-refractivity contribution in [1.29, 1.82) is 0 Å². The maximum Gasteiger partial charge on any atom is 0.307 e. The molecule has 3 nitrogen and oxygen atoms in total. The molecule has 17 heavy (non-hydrogen) atoms. The fourth-order valence-electron chi connectivity index (χ4n) is 1.86. The van der Waals surface area contributed by atoms with Crippen molar-refractivity contribution in [3.8, 4) is 0 Å². The average Bonchev–Trinajstić information content (AvgIpc) is 2.61. The molecule has 0 spiro atoms. The molecule has 0 saturated carbocycles. The number of nitrogen functional groups attached to an aromatic ring is 1. The van der Waals surface area contributed by atoms with E-state index >= 15 is 0 Å². The van der Waals surface area contributed by atoms with Gasteiger partial charge in [-0.15, -0.1) is 0 Å². The Morgan fingerprint density at radius 2 is 2.24 bits per heavy atom. The zero-order chi connectivity index (χ0) is 12.3. The van der Waals surface area contributed by atoms with Gasteiger partial charge in [-0.1, -0.05) is 23.5 Å². The van der Waals surface area contributed by atoms with Gasteiger partial charge in [-0.2, -0.15) is 0 Å². The van der Waals surface area contributed by atoms with Crippen molar-refractivity contribution in [2.45, 2.75) is 26.3 Å². The van der Waals surface area contributed by atoms with Gasteiger partial charge in [0, 0.05) is 23.3 Å². The van der Waals surface area contributed by atoms with E-state index in [1.165, 1.54) is 16.9 Å². The molecule has 1 aromatic heterocycles. The molecular weight excluding hydrogens is 232 g/mol. The molecule has 2 N–H and O–H groups in total. The lowest BCUT2D eigenvalue weighted by molar-refractivity contribution is 0.620. The van der Waals surface area contributed by atoms with Crippen molar-refractivity contribution in [2.75, 3.05) is 5.73 Å². The minimum Gasteiger partial charge on any atom is -0.399 e. The summed E-state index contributed by atoms with van der Waals surface area (Å²) in [5.41, 5.74) is 8.79. The molecule has 0 aliphatic rings. The number of hydrogen-bond donors (Lipinski definition) is 1. The van der Waals surface area contributed by atoms with Crippen LogP contribution in [0.5, 0.6) is 0 Å². The lowest BCUT2D eigenvalue weighted by Crippen LogP contribution is -2.14. The summed E-state index contributed by atoms with van der Waals surface area (Å²) in [6.07, 6.45) is 1.91. The molecule has 0 amide bonds. The Kier molecular flexibility index (Phi) is 3.64. The van der Waals surface area contributed by atoms with Gasteiger partial charge in [-0.05, 0) is 37.5 Å². The summed E-state index contributed by atoms with van der Waals surface area (Å²) in [5, 5.41) is 1.91. The van der Waals surface area contributed by atoms with Crippen LogP contribution in [0.2, 0.25) is 0 Å². The number of aromatic nitrogens is 1. The second-order valence-electron chi connectivity index (χ2n) is 4.14. The van der Waals surface area contributed by atoms with Gasteiger partial charge in [0.1, 0.15) is 0 Å². The molecule has 0 atom stereocenters. The quantitative estimate of drug-likeness (QED) is 0.845. The first kappa shape index (κ1) is 11.9. The van der Waals surface area contributed by atoms with Gasteiger partial charge in [-0.25, -0.2) is 0 Å². The SMILES string of the molecule is Cc1csc(=O)n1CCCc1cccc(N)c1. The van der Waals surface area contributed by atoms with Crippen LogP contribution in [0.1, 0.15) is 17.7 Å². The third-order valence-corrected chi connectivity index (χ3v) is 3.66. The molecule has 1 heterocycles. The van der Waals surface area contributed by atoms with E-state index in [0.717, 1.165) is 30.8 Å². The maximum atomic E-state index is 11.5. The fourth-order valence-corrected chi connectivity index (χ4v) is 2.63. The number of hydrogen-bond acceptors (Lipinski definition) is 3. The number of aryl methyl sites for hydroxylation is 2. The summed E-state index contributed by atoms with van der Waals surface area (Å²) in [7, 11) is 0. The van der Waals surface area contributed by atoms with Crippen LogP contribution in [0.25, 0.3) is 0 Å². The molecule has 0 unspecified atom stereocenters. The zero-order valence-corrected chi connectivity index (χ0v) is 10.7. The predicted molar refractivity (Wildman–Crippen MR) is 72.5 cm³/mol. The van der Waals surface area contributed by atoms with E-state index < -0.39 is 0 Å². The van der Waals surface area contributed by atoms with Crippen LogP contribution in [0.3, 0.4) is 0 Å². The van der Waals surface area contributed by atoms with Gasteiger partial charge in [-0.3, -0.25) is 4.79 Å². The molecule has 2 aromatic rings. The minimum atomic E-state index is 0.134. The summed E-state index contributed by atoms with van der Waals surface area (Å²) in [6, 6.07) is 7.91. The third-order valence-electron chi connectivity index (χ3n) is 2.77. The van der Waals surface area contributed by atoms with E-state index in [9.17, 15) is 4.79 Å². The largest absolute Gasteiger partial charge is 0.399 e. The van der Waals surface area contributed by atoms with Crippen molar-refractivity contribution < 1.29 is 0 Å². The Balaban J connectivity index is 1.94. The average molecular weight is 248 g/mol. The first-order valence-electron chi connectivity index (χ1n) is 5.66. The van der Waals surface area contributed by atoms with E-state index in [0.29, 0.717) is 0 Å². The van der Waals surface area contributed by atoms with Crippen LogP contribution in [0, 0.1) is 6.92 Å². The number of nitrogens with zero attached hydrogens (tertiary/aromatic N) is 1. The molecule has 0 bridgehead atoms. The highest BCUT2D eigenvalue weighted by Crippen LogP contribution is 2.10. The highest BCUT2D eigenvalue weighted by atomic mass is 32.1. The summed E-state index contributed by atoms with van der Waals surface area (Å²) < 4.78 is 1.83. The highest BCUT2D eigenvalue weighted by Gasteiger charge is 2.02. The monoisotopic (exact) mass is 248 g/mol. The van der Waals surface area contributed by atoms with E-state index in [2.05, 4.69) is 6.07 Å². The normalized spacial score (nSPS) is 10.6. The van der Waals surface area contributed by atoms with Gasteiger partial charge in [0.2, 0.25) is 0 Å². The van der Waals surface area contributed by atoms with Crippen molar-refractivity contribution in [3.63, 3.8) is 0 Å². The fraction of sp³-hybridized carbons (Fsp3) is 0.308. The number of thiazole rings is 1. The van der Waals surface area contributed by atoms with Crippen LogP contribution in [0.15, 0.2) is 34.4 Å². The highest BCUT2D eigenvalue weighted by molar-refractivity contribution is 7.07. The number of anilines is 1. The molecular formula is C13H16N2OS. The smallest absolute Gasteiger partial charge is 0.307 e. The van der Waals surface area contributed by atoms with Gasteiger partial charge in [0.15, 0.2) is 0 Å². The first-order chi connectivity index (χ1) is 8.16. The molecule has 0 fully saturated rings. The maximum absolute atomic E-state index is 11.5. The number of benzene rings is 1. The molecule has 90 valence electrons. The van der Waals surface area contributed by atoms with Crippen LogP contribution < -0.4 is 10.6 Å². The summed E-state index contributed by atoms with van der Waals surface area (Å²) in [6.45, 7) is 2.75. The van der Waals surface area contributed by atoms with E-state index in [1.807, 2.05) is 35.1 Å². The Bertz CT molecular complexity index is 557. The van der Waals surface area contributed by atoms with Gasteiger partial charge >= 0.3 is 4.87 Å². The topological polar surface area (TPSA) is 48.0 Å². The summed E-state index contributed by atoms with van der Waals surface area (Å²) in [5.74, 6) is 0. The summed E-state index contributed by atoms with van der Waals surface area (Å²) in [4.78, 5) is 11.6. The van der Waals surface area contributed by atoms with Gasteiger partial charge < -0.3 is 10.3 Å². The Hall–Kier alpha value is -1.55. The van der Waals surface area contributed by atoms with Crippen molar-refractivity contribution in [2.24, 2.45) is 0 Å². The van der Waals surface area contributed by atoms with Crippen LogP contribution in [-0.2, 0) is 13.0 Å². The number of rotatable bonds is 4. The third kappa shape index (κ3) is 2.97. The first-order valence-corrected chi connectivity index (χ1v) is 6.54. The lowest BCUT2D eigenvalue weighted by atomic mass is 10.1. The molecule has 2 rings (SSSR count). The van der Waals surface area contributed by atoms with E-state index in [-0.39, 0.29) is 4.87 Å². The molecule has 0 aliphatic heterocycles. The second kappa shape index (κ2) is 5.19. The standard InChI is InChI=1S/C13H16N2OS/c1-10-9-17-13(16)15(10)7-3-5-11-4-2-6-12(14)8-11/h2,4,6,8-9H,3,5,7,14H2,1H3. The van der Waals surface area contributed by atoms with Crippen LogP contribution >= 0.6 is 11.3 Å². The van der Waals surface area contributed by atoms with Crippen molar-refractivity contribution in [3.05, 3.63) is 50.6 Å². The minimum absolute atomic E-state index is 0.134. The lowest BCUT2D eigenvalue weighted by Gasteiger charge is -2.05. The molecule has 0 radical (unpaired) electrons. The van der Waals surface area contributed by atoms with E-state index in [4.69, 9.17) is 5.73 Å². The molecule has 0 aliphatic carbocycles. The Labute approximate surface area is 105 Å². The second-order valence-corrected chi connectivity index (χ2v) is 4.96. The predicted octanol–water partition coefficient (Wildman–Crippen LogP) is 2.43. The van der Waals surface area contributed by atoms with Crippen molar-refractivity contribution in [1.82, 2.24) is 4.57 Å². The van der Waals surface area contributed by atoms with E-state index in [1.54, 1.807) is 0 Å². The Morgan fingerprint density at radius 3 is 2.88 bits per heavy atom. The molecule has 4 heteroatoms. The summed E-state index contributed by atoms with van der Waals surface area (Å²) >= 11 is 1.27. The van der Waals surface area contributed by atoms with Gasteiger partial charge in [0.25, 0.3) is 0 Å². The van der Waals surface area contributed by atoms with Crippen LogP contribution in [-0.4, -0.2) is 4.57 Å². The Morgan fingerprint density at radius 1 is 1.41 bits per heavy atom.